The number of anilines is 2. The van der Waals surface area contributed by atoms with Crippen LogP contribution >= 0.6 is 0 Å². The number of aryl methyl sites for hydroxylation is 1. The van der Waals surface area contributed by atoms with Gasteiger partial charge in [-0.15, -0.1) is 0 Å². The van der Waals surface area contributed by atoms with E-state index in [2.05, 4.69) is 14.9 Å². The van der Waals surface area contributed by atoms with E-state index in [-0.39, 0.29) is 0 Å². The lowest BCUT2D eigenvalue weighted by atomic mass is 10.1. The summed E-state index contributed by atoms with van der Waals surface area (Å²) in [4.78, 5) is 11.2. The van der Waals surface area contributed by atoms with E-state index in [1.807, 2.05) is 13.8 Å². The Morgan fingerprint density at radius 1 is 1.25 bits per heavy atom. The second-order valence-corrected chi connectivity index (χ2v) is 5.09. The fourth-order valence-electron chi connectivity index (χ4n) is 3.10. The van der Waals surface area contributed by atoms with Gasteiger partial charge >= 0.3 is 0 Å². The molecule has 16 heavy (non-hydrogen) atoms. The average Bonchev–Trinajstić information content (AvgIpc) is 2.84. The molecule has 0 aromatic carbocycles. The van der Waals surface area contributed by atoms with Crippen LogP contribution in [0.4, 0.5) is 11.6 Å². The summed E-state index contributed by atoms with van der Waals surface area (Å²) in [5.41, 5.74) is 6.95. The van der Waals surface area contributed by atoms with Gasteiger partial charge in [0.05, 0.1) is 0 Å². The molecule has 86 valence electrons. The van der Waals surface area contributed by atoms with Crippen LogP contribution < -0.4 is 10.6 Å². The summed E-state index contributed by atoms with van der Waals surface area (Å²) in [5, 5.41) is 0. The summed E-state index contributed by atoms with van der Waals surface area (Å²) >= 11 is 0. The van der Waals surface area contributed by atoms with Crippen LogP contribution in [0.25, 0.3) is 0 Å². The molecule has 2 fully saturated rings. The molecule has 2 N–H and O–H groups in total. The Labute approximate surface area is 95.9 Å². The second-order valence-electron chi connectivity index (χ2n) is 5.09. The fraction of sp³-hybridized carbons (Fsp3) is 0.667. The highest BCUT2D eigenvalue weighted by Gasteiger charge is 2.39. The number of hydrogen-bond acceptors (Lipinski definition) is 4. The molecular weight excluding hydrogens is 200 g/mol. The normalized spacial score (nSPS) is 27.8. The van der Waals surface area contributed by atoms with Crippen molar-refractivity contribution in [1.29, 1.82) is 0 Å². The molecule has 3 rings (SSSR count). The predicted molar refractivity (Wildman–Crippen MR) is 64.4 cm³/mol. The average molecular weight is 218 g/mol. The SMILES string of the molecule is Cc1nc(N)c(C)c(N2CC3CCC2C3)n1. The Hall–Kier alpha value is -1.32. The van der Waals surface area contributed by atoms with Crippen LogP contribution in [0.2, 0.25) is 0 Å². The second kappa shape index (κ2) is 3.34. The molecule has 2 unspecified atom stereocenters. The minimum absolute atomic E-state index is 0.630. The van der Waals surface area contributed by atoms with Gasteiger partial charge in [-0.1, -0.05) is 0 Å². The number of hydrogen-bond donors (Lipinski definition) is 1. The van der Waals surface area contributed by atoms with E-state index in [1.165, 1.54) is 19.3 Å². The Kier molecular flexibility index (Phi) is 2.06. The molecule has 1 saturated carbocycles. The van der Waals surface area contributed by atoms with Gasteiger partial charge in [-0.2, -0.15) is 0 Å². The Bertz CT molecular complexity index is 429. The van der Waals surface area contributed by atoms with Gasteiger partial charge < -0.3 is 10.6 Å². The molecule has 0 spiro atoms. The van der Waals surface area contributed by atoms with Crippen LogP contribution in [-0.2, 0) is 0 Å². The van der Waals surface area contributed by atoms with Crippen molar-refractivity contribution in [3.05, 3.63) is 11.4 Å². The monoisotopic (exact) mass is 218 g/mol. The zero-order chi connectivity index (χ0) is 11.3. The number of fused-ring (bicyclic) bond motifs is 2. The number of rotatable bonds is 1. The van der Waals surface area contributed by atoms with E-state index in [4.69, 9.17) is 5.73 Å². The smallest absolute Gasteiger partial charge is 0.137 e. The predicted octanol–water partition coefficient (Wildman–Crippen LogP) is 1.66. The van der Waals surface area contributed by atoms with Crippen molar-refractivity contribution in [1.82, 2.24) is 9.97 Å². The first kappa shape index (κ1) is 9.87. The van der Waals surface area contributed by atoms with Gasteiger partial charge in [0.1, 0.15) is 17.5 Å². The largest absolute Gasteiger partial charge is 0.383 e. The maximum atomic E-state index is 5.91. The third-order valence-corrected chi connectivity index (χ3v) is 3.95. The van der Waals surface area contributed by atoms with Crippen molar-refractivity contribution in [2.75, 3.05) is 17.2 Å². The van der Waals surface area contributed by atoms with Gasteiger partial charge in [0, 0.05) is 18.2 Å². The highest BCUT2D eigenvalue weighted by atomic mass is 15.3. The number of piperidine rings is 1. The lowest BCUT2D eigenvalue weighted by Crippen LogP contribution is -2.33. The molecule has 1 aromatic rings. The molecule has 2 bridgehead atoms. The van der Waals surface area contributed by atoms with Crippen LogP contribution in [0.3, 0.4) is 0 Å². The molecule has 4 heteroatoms. The molecule has 2 atom stereocenters. The fourth-order valence-corrected chi connectivity index (χ4v) is 3.10. The first-order valence-corrected chi connectivity index (χ1v) is 6.02. The van der Waals surface area contributed by atoms with Gasteiger partial charge in [0.2, 0.25) is 0 Å². The molecule has 0 amide bonds. The van der Waals surface area contributed by atoms with Gasteiger partial charge in [-0.05, 0) is 39.0 Å². The van der Waals surface area contributed by atoms with Crippen LogP contribution in [0, 0.1) is 19.8 Å². The Morgan fingerprint density at radius 3 is 2.69 bits per heavy atom. The van der Waals surface area contributed by atoms with Crippen molar-refractivity contribution in [2.24, 2.45) is 5.92 Å². The van der Waals surface area contributed by atoms with Gasteiger partial charge in [-0.25, -0.2) is 9.97 Å². The summed E-state index contributed by atoms with van der Waals surface area (Å²) in [5.74, 6) is 3.35. The van der Waals surface area contributed by atoms with Gasteiger partial charge in [-0.3, -0.25) is 0 Å². The Morgan fingerprint density at radius 2 is 2.06 bits per heavy atom. The first-order chi connectivity index (χ1) is 7.65. The number of aromatic nitrogens is 2. The van der Waals surface area contributed by atoms with E-state index >= 15 is 0 Å². The van der Waals surface area contributed by atoms with Gasteiger partial charge in [0.25, 0.3) is 0 Å². The minimum Gasteiger partial charge on any atom is -0.383 e. The van der Waals surface area contributed by atoms with Crippen molar-refractivity contribution >= 4 is 11.6 Å². The summed E-state index contributed by atoms with van der Waals surface area (Å²) in [6.07, 6.45) is 4.04. The number of nitrogens with zero attached hydrogens (tertiary/aromatic N) is 3. The maximum absolute atomic E-state index is 5.91. The molecule has 2 heterocycles. The zero-order valence-electron chi connectivity index (χ0n) is 9.90. The maximum Gasteiger partial charge on any atom is 0.137 e. The van der Waals surface area contributed by atoms with Crippen LogP contribution in [0.1, 0.15) is 30.7 Å². The highest BCUT2D eigenvalue weighted by Crippen LogP contribution is 2.40. The Balaban J connectivity index is 2.00. The molecule has 1 aliphatic heterocycles. The quantitative estimate of drug-likeness (QED) is 0.779. The topological polar surface area (TPSA) is 55.0 Å². The van der Waals surface area contributed by atoms with Crippen LogP contribution in [0.15, 0.2) is 0 Å². The molecule has 1 aromatic heterocycles. The number of nitrogen functional groups attached to an aromatic ring is 1. The van der Waals surface area contributed by atoms with E-state index < -0.39 is 0 Å². The molecule has 1 aliphatic carbocycles. The van der Waals surface area contributed by atoms with Crippen molar-refractivity contribution < 1.29 is 0 Å². The van der Waals surface area contributed by atoms with Crippen LogP contribution in [-0.4, -0.2) is 22.6 Å². The standard InChI is InChI=1S/C12H18N4/c1-7-11(13)14-8(2)15-12(7)16-6-9-3-4-10(16)5-9/h9-10H,3-6H2,1-2H3,(H2,13,14,15). The summed E-state index contributed by atoms with van der Waals surface area (Å²) < 4.78 is 0. The molecule has 4 nitrogen and oxygen atoms in total. The number of nitrogens with two attached hydrogens (primary N) is 1. The van der Waals surface area contributed by atoms with E-state index in [9.17, 15) is 0 Å². The molecule has 0 radical (unpaired) electrons. The molecule has 1 saturated heterocycles. The van der Waals surface area contributed by atoms with Crippen molar-refractivity contribution in [3.8, 4) is 0 Å². The van der Waals surface area contributed by atoms with Crippen molar-refractivity contribution in [2.45, 2.75) is 39.2 Å². The summed E-state index contributed by atoms with van der Waals surface area (Å²) in [7, 11) is 0. The third-order valence-electron chi connectivity index (χ3n) is 3.95. The minimum atomic E-state index is 0.630. The van der Waals surface area contributed by atoms with Gasteiger partial charge in [0.15, 0.2) is 0 Å². The molecular formula is C12H18N4. The van der Waals surface area contributed by atoms with Crippen molar-refractivity contribution in [3.63, 3.8) is 0 Å². The summed E-state index contributed by atoms with van der Waals surface area (Å²) in [6, 6.07) is 0.692. The van der Waals surface area contributed by atoms with E-state index in [0.717, 1.165) is 29.7 Å². The highest BCUT2D eigenvalue weighted by molar-refractivity contribution is 5.58. The van der Waals surface area contributed by atoms with E-state index in [0.29, 0.717) is 11.9 Å². The third kappa shape index (κ3) is 1.36. The first-order valence-electron chi connectivity index (χ1n) is 6.02. The molecule has 2 aliphatic rings. The lowest BCUT2D eigenvalue weighted by molar-refractivity contribution is 0.549. The van der Waals surface area contributed by atoms with E-state index in [1.54, 1.807) is 0 Å². The zero-order valence-corrected chi connectivity index (χ0v) is 9.90. The lowest BCUT2D eigenvalue weighted by Gasteiger charge is -2.29. The summed E-state index contributed by atoms with van der Waals surface area (Å²) in [6.45, 7) is 5.09. The van der Waals surface area contributed by atoms with Crippen LogP contribution in [0.5, 0.6) is 0 Å².